The van der Waals surface area contributed by atoms with Crippen LogP contribution < -0.4 is 10.2 Å². The quantitative estimate of drug-likeness (QED) is 0.590. The van der Waals surface area contributed by atoms with Gasteiger partial charge in [0.25, 0.3) is 17.4 Å². The molecule has 1 aromatic heterocycles. The van der Waals surface area contributed by atoms with Crippen molar-refractivity contribution in [2.75, 3.05) is 4.90 Å². The Bertz CT molecular complexity index is 1090. The van der Waals surface area contributed by atoms with Crippen LogP contribution in [0.2, 0.25) is 0 Å². The maximum atomic E-state index is 14.2. The van der Waals surface area contributed by atoms with E-state index >= 15 is 0 Å². The van der Waals surface area contributed by atoms with Crippen LogP contribution in [0.15, 0.2) is 42.7 Å². The highest BCUT2D eigenvalue weighted by Crippen LogP contribution is 2.37. The molecule has 1 fully saturated rings. The maximum Gasteiger partial charge on any atom is 0.278 e. The number of rotatable bonds is 6. The van der Waals surface area contributed by atoms with E-state index in [9.17, 15) is 28.0 Å². The number of nitrogens with one attached hydrogen (secondary N) is 1. The molecule has 1 aromatic carbocycles. The second kappa shape index (κ2) is 10.0. The molecule has 2 amide bonds. The van der Waals surface area contributed by atoms with E-state index in [1.165, 1.54) is 25.4 Å². The number of hydrogen-bond donors (Lipinski definition) is 1. The smallest absolute Gasteiger partial charge is 0.278 e. The zero-order chi connectivity index (χ0) is 25.1. The summed E-state index contributed by atoms with van der Waals surface area (Å²) in [5, 5.41) is 12.1. The average molecular weight is 493 g/mol. The van der Waals surface area contributed by atoms with Crippen LogP contribution in [0.3, 0.4) is 0 Å². The van der Waals surface area contributed by atoms with Crippen LogP contribution in [0.1, 0.15) is 49.3 Å². The molecule has 0 bridgehead atoms. The third-order valence-corrected chi connectivity index (χ3v) is 6.26. The molecule has 1 aliphatic rings. The molecule has 1 saturated carbocycles. The second-order valence-electron chi connectivity index (χ2n) is 8.56. The summed E-state index contributed by atoms with van der Waals surface area (Å²) in [7, 11) is 0. The summed E-state index contributed by atoms with van der Waals surface area (Å²) in [4.78, 5) is 31.7. The van der Waals surface area contributed by atoms with Crippen LogP contribution in [0, 0.1) is 18.3 Å². The van der Waals surface area contributed by atoms with Crippen molar-refractivity contribution in [2.24, 2.45) is 0 Å². The zero-order valence-electron chi connectivity index (χ0n) is 18.7. The van der Waals surface area contributed by atoms with Gasteiger partial charge in [0.05, 0.1) is 5.56 Å². The molecule has 1 heterocycles. The number of pyridine rings is 1. The normalized spacial score (nSPS) is 18.3. The Morgan fingerprint density at radius 3 is 2.44 bits per heavy atom. The number of nitriles is 1. The SMILES string of the molecule is Cc1ccc(N(C(=O)[C@H](F)Cl)[C@@](C)(C(=O)NC2CCC(F)(F)CC2)c2cncc(C#N)c2)cc1. The summed E-state index contributed by atoms with van der Waals surface area (Å²) in [6, 6.07) is 9.19. The fraction of sp³-hybridized carbons (Fsp3) is 0.417. The number of anilines is 1. The largest absolute Gasteiger partial charge is 0.351 e. The minimum atomic E-state index is -2.79. The molecule has 2 aromatic rings. The topological polar surface area (TPSA) is 86.1 Å². The number of hydrogen-bond acceptors (Lipinski definition) is 4. The van der Waals surface area contributed by atoms with Crippen molar-refractivity contribution in [1.29, 1.82) is 5.26 Å². The van der Waals surface area contributed by atoms with Gasteiger partial charge in [0, 0.05) is 42.5 Å². The molecule has 0 saturated heterocycles. The van der Waals surface area contributed by atoms with Crippen molar-refractivity contribution >= 4 is 29.1 Å². The Balaban J connectivity index is 2.12. The zero-order valence-corrected chi connectivity index (χ0v) is 19.5. The Hall–Kier alpha value is -3.12. The van der Waals surface area contributed by atoms with Crippen LogP contribution in [-0.2, 0) is 15.1 Å². The van der Waals surface area contributed by atoms with E-state index in [-0.39, 0.29) is 42.5 Å². The Morgan fingerprint density at radius 1 is 1.26 bits per heavy atom. The van der Waals surface area contributed by atoms with Gasteiger partial charge in [0.1, 0.15) is 6.07 Å². The summed E-state index contributed by atoms with van der Waals surface area (Å²) in [5.74, 6) is -4.72. The van der Waals surface area contributed by atoms with Crippen LogP contribution in [0.25, 0.3) is 0 Å². The minimum absolute atomic E-state index is 0.0467. The van der Waals surface area contributed by atoms with Crippen LogP contribution in [0.4, 0.5) is 18.9 Å². The Kier molecular flexibility index (Phi) is 7.51. The standard InChI is InChI=1S/C24H24ClF3N4O2/c1-15-3-5-19(6-4-15)32(21(33)20(25)26)23(2,17-11-16(12-29)13-30-14-17)22(34)31-18-7-9-24(27,28)10-8-18/h3-6,11,13-14,18,20H,7-10H2,1-2H3,(H,31,34)/t20-,23+/m0/s1. The summed E-state index contributed by atoms with van der Waals surface area (Å²) in [6.45, 7) is 3.20. The van der Waals surface area contributed by atoms with E-state index in [0.29, 0.717) is 0 Å². The molecule has 34 heavy (non-hydrogen) atoms. The van der Waals surface area contributed by atoms with Gasteiger partial charge in [-0.25, -0.2) is 13.2 Å². The van der Waals surface area contributed by atoms with Crippen molar-refractivity contribution < 1.29 is 22.8 Å². The molecule has 3 rings (SSSR count). The highest BCUT2D eigenvalue weighted by atomic mass is 35.5. The number of carbonyl (C=O) groups excluding carboxylic acids is 2. The molecule has 0 radical (unpaired) electrons. The fourth-order valence-corrected chi connectivity index (χ4v) is 4.13. The number of nitrogens with zero attached hydrogens (tertiary/aromatic N) is 3. The van der Waals surface area contributed by atoms with Crippen molar-refractivity contribution in [3.8, 4) is 6.07 Å². The van der Waals surface area contributed by atoms with Crippen molar-refractivity contribution in [2.45, 2.75) is 62.7 Å². The van der Waals surface area contributed by atoms with Crippen LogP contribution >= 0.6 is 11.6 Å². The van der Waals surface area contributed by atoms with Gasteiger partial charge in [-0.1, -0.05) is 29.3 Å². The van der Waals surface area contributed by atoms with Crippen LogP contribution in [-0.4, -0.2) is 34.4 Å². The number of amides is 2. The molecule has 0 aliphatic heterocycles. The van der Waals surface area contributed by atoms with E-state index < -0.39 is 34.9 Å². The number of carbonyl (C=O) groups is 2. The van der Waals surface area contributed by atoms with Crippen molar-refractivity contribution in [3.05, 3.63) is 59.4 Å². The lowest BCUT2D eigenvalue weighted by Crippen LogP contribution is -2.60. The lowest BCUT2D eigenvalue weighted by molar-refractivity contribution is -0.132. The average Bonchev–Trinajstić information content (AvgIpc) is 2.81. The summed E-state index contributed by atoms with van der Waals surface area (Å²) in [6.07, 6.45) is 1.91. The second-order valence-corrected chi connectivity index (χ2v) is 8.94. The summed E-state index contributed by atoms with van der Waals surface area (Å²) >= 11 is 5.54. The number of benzene rings is 1. The van der Waals surface area contributed by atoms with Gasteiger partial charge in [-0.3, -0.25) is 19.5 Å². The molecule has 2 atom stereocenters. The van der Waals surface area contributed by atoms with Crippen LogP contribution in [0.5, 0.6) is 0 Å². The molecule has 0 spiro atoms. The monoisotopic (exact) mass is 492 g/mol. The maximum absolute atomic E-state index is 14.2. The molecular weight excluding hydrogens is 469 g/mol. The van der Waals surface area contributed by atoms with Gasteiger partial charge in [-0.05, 0) is 44.9 Å². The molecular formula is C24H24ClF3N4O2. The van der Waals surface area contributed by atoms with Gasteiger partial charge in [0.15, 0.2) is 5.54 Å². The Labute approximate surface area is 200 Å². The molecule has 0 unspecified atom stereocenters. The third-order valence-electron chi connectivity index (χ3n) is 6.07. The van der Waals surface area contributed by atoms with Gasteiger partial charge in [-0.15, -0.1) is 0 Å². The van der Waals surface area contributed by atoms with Gasteiger partial charge in [-0.2, -0.15) is 5.26 Å². The van der Waals surface area contributed by atoms with E-state index in [1.54, 1.807) is 24.3 Å². The molecule has 180 valence electrons. The summed E-state index contributed by atoms with van der Waals surface area (Å²) in [5.41, 5.74) is -3.06. The molecule has 10 heteroatoms. The summed E-state index contributed by atoms with van der Waals surface area (Å²) < 4.78 is 41.4. The van der Waals surface area contributed by atoms with E-state index in [0.717, 1.165) is 10.5 Å². The first-order valence-electron chi connectivity index (χ1n) is 10.7. The predicted octanol–water partition coefficient (Wildman–Crippen LogP) is 4.74. The van der Waals surface area contributed by atoms with Crippen molar-refractivity contribution in [3.63, 3.8) is 0 Å². The number of aromatic nitrogens is 1. The predicted molar refractivity (Wildman–Crippen MR) is 121 cm³/mol. The molecule has 6 nitrogen and oxygen atoms in total. The highest BCUT2D eigenvalue weighted by Gasteiger charge is 2.48. The van der Waals surface area contributed by atoms with Gasteiger partial charge >= 0.3 is 0 Å². The van der Waals surface area contributed by atoms with E-state index in [4.69, 9.17) is 11.6 Å². The molecule has 1 aliphatic carbocycles. The lowest BCUT2D eigenvalue weighted by Gasteiger charge is -2.41. The van der Waals surface area contributed by atoms with Gasteiger partial charge in [0.2, 0.25) is 5.92 Å². The van der Waals surface area contributed by atoms with Crippen molar-refractivity contribution in [1.82, 2.24) is 10.3 Å². The molecule has 1 N–H and O–H groups in total. The Morgan fingerprint density at radius 2 is 1.88 bits per heavy atom. The number of alkyl halides is 4. The minimum Gasteiger partial charge on any atom is -0.351 e. The first-order valence-corrected chi connectivity index (χ1v) is 11.1. The third kappa shape index (κ3) is 5.33. The number of aryl methyl sites for hydroxylation is 1. The first-order chi connectivity index (χ1) is 16.0. The van der Waals surface area contributed by atoms with Gasteiger partial charge < -0.3 is 5.32 Å². The van der Waals surface area contributed by atoms with E-state index in [2.05, 4.69) is 10.3 Å². The van der Waals surface area contributed by atoms with E-state index in [1.807, 2.05) is 13.0 Å². The fourth-order valence-electron chi connectivity index (χ4n) is 4.04. The lowest BCUT2D eigenvalue weighted by atomic mass is 9.86. The number of halogens is 4. The highest BCUT2D eigenvalue weighted by molar-refractivity contribution is 6.32. The first kappa shape index (κ1) is 25.5.